The number of benzene rings is 1. The molecule has 0 saturated heterocycles. The molecule has 1 aromatic carbocycles. The summed E-state index contributed by atoms with van der Waals surface area (Å²) in [6, 6.07) is 10.2. The number of thiophene rings is 1. The van der Waals surface area contributed by atoms with E-state index in [0.29, 0.717) is 21.9 Å². The first-order chi connectivity index (χ1) is 12.7. The molecule has 2 heterocycles. The summed E-state index contributed by atoms with van der Waals surface area (Å²) >= 11 is 2.73. The third-order valence-electron chi connectivity index (χ3n) is 4.65. The Balaban J connectivity index is 1.47. The van der Waals surface area contributed by atoms with Gasteiger partial charge in [0.05, 0.1) is 17.3 Å². The molecule has 0 aliphatic heterocycles. The van der Waals surface area contributed by atoms with Gasteiger partial charge in [0.1, 0.15) is 4.70 Å². The van der Waals surface area contributed by atoms with Crippen molar-refractivity contribution in [2.45, 2.75) is 37.5 Å². The number of amides is 1. The standard InChI is InChI=1S/C19H19N3O2S2/c1-2-22-18(24)17-15(9-10-25-17)21-19(22)26-11-16(23)20-14-8-7-12-5-3-4-6-13(12)14/h3-6,9-10,14H,2,7-8,11H2,1H3,(H,20,23)/t14-/m0/s1. The van der Waals surface area contributed by atoms with Crippen LogP contribution in [0.2, 0.25) is 0 Å². The third kappa shape index (κ3) is 3.17. The molecule has 134 valence electrons. The van der Waals surface area contributed by atoms with Crippen molar-refractivity contribution < 1.29 is 4.79 Å². The van der Waals surface area contributed by atoms with Gasteiger partial charge in [-0.3, -0.25) is 14.2 Å². The molecule has 1 aliphatic rings. The van der Waals surface area contributed by atoms with E-state index in [4.69, 9.17) is 0 Å². The van der Waals surface area contributed by atoms with E-state index in [1.54, 1.807) is 4.57 Å². The number of nitrogens with one attached hydrogen (secondary N) is 1. The molecular weight excluding hydrogens is 366 g/mol. The predicted molar refractivity (Wildman–Crippen MR) is 106 cm³/mol. The van der Waals surface area contributed by atoms with Crippen LogP contribution in [0.1, 0.15) is 30.5 Å². The second kappa shape index (κ2) is 7.25. The molecule has 2 aromatic heterocycles. The quantitative estimate of drug-likeness (QED) is 0.540. The Morgan fingerprint density at radius 1 is 1.38 bits per heavy atom. The van der Waals surface area contributed by atoms with Gasteiger partial charge in [0.15, 0.2) is 5.16 Å². The van der Waals surface area contributed by atoms with E-state index in [9.17, 15) is 9.59 Å². The number of fused-ring (bicyclic) bond motifs is 2. The lowest BCUT2D eigenvalue weighted by molar-refractivity contribution is -0.119. The molecule has 4 rings (SSSR count). The summed E-state index contributed by atoms with van der Waals surface area (Å²) in [5.41, 5.74) is 3.21. The smallest absolute Gasteiger partial charge is 0.272 e. The van der Waals surface area contributed by atoms with Gasteiger partial charge in [0.25, 0.3) is 5.56 Å². The summed E-state index contributed by atoms with van der Waals surface area (Å²) in [4.78, 5) is 29.5. The van der Waals surface area contributed by atoms with Gasteiger partial charge in [-0.1, -0.05) is 36.0 Å². The molecule has 1 aliphatic carbocycles. The van der Waals surface area contributed by atoms with E-state index in [-0.39, 0.29) is 23.3 Å². The average Bonchev–Trinajstić information content (AvgIpc) is 3.28. The molecule has 1 amide bonds. The van der Waals surface area contributed by atoms with Gasteiger partial charge in [-0.05, 0) is 42.3 Å². The molecule has 0 radical (unpaired) electrons. The number of aryl methyl sites for hydroxylation is 1. The van der Waals surface area contributed by atoms with Gasteiger partial charge >= 0.3 is 0 Å². The lowest BCUT2D eigenvalue weighted by atomic mass is 10.1. The molecule has 0 saturated carbocycles. The van der Waals surface area contributed by atoms with Gasteiger partial charge in [-0.25, -0.2) is 4.98 Å². The van der Waals surface area contributed by atoms with Crippen LogP contribution in [-0.2, 0) is 17.8 Å². The Morgan fingerprint density at radius 3 is 3.08 bits per heavy atom. The fraction of sp³-hybridized carbons (Fsp3) is 0.316. The molecule has 0 unspecified atom stereocenters. The Morgan fingerprint density at radius 2 is 2.23 bits per heavy atom. The average molecular weight is 386 g/mol. The molecule has 1 atom stereocenters. The molecule has 26 heavy (non-hydrogen) atoms. The number of carbonyl (C=O) groups is 1. The van der Waals surface area contributed by atoms with Crippen LogP contribution in [-0.4, -0.2) is 21.2 Å². The van der Waals surface area contributed by atoms with E-state index < -0.39 is 0 Å². The minimum atomic E-state index is -0.0287. The summed E-state index contributed by atoms with van der Waals surface area (Å²) in [6.07, 6.45) is 1.94. The van der Waals surface area contributed by atoms with E-state index >= 15 is 0 Å². The Kier molecular flexibility index (Phi) is 4.82. The van der Waals surface area contributed by atoms with E-state index in [1.807, 2.05) is 30.5 Å². The molecule has 0 bridgehead atoms. The zero-order valence-corrected chi connectivity index (χ0v) is 16.0. The second-order valence-electron chi connectivity index (χ2n) is 6.23. The predicted octanol–water partition coefficient (Wildman–Crippen LogP) is 3.37. The number of thioether (sulfide) groups is 1. The maximum absolute atomic E-state index is 12.5. The van der Waals surface area contributed by atoms with Crippen LogP contribution in [0, 0.1) is 0 Å². The highest BCUT2D eigenvalue weighted by Crippen LogP contribution is 2.30. The minimum Gasteiger partial charge on any atom is -0.349 e. The molecule has 7 heteroatoms. The monoisotopic (exact) mass is 385 g/mol. The number of carbonyl (C=O) groups excluding carboxylic acids is 1. The van der Waals surface area contributed by atoms with Crippen LogP contribution < -0.4 is 10.9 Å². The number of aromatic nitrogens is 2. The highest BCUT2D eigenvalue weighted by Gasteiger charge is 2.23. The zero-order chi connectivity index (χ0) is 18.1. The summed E-state index contributed by atoms with van der Waals surface area (Å²) in [5.74, 6) is 0.222. The lowest BCUT2D eigenvalue weighted by Gasteiger charge is -2.14. The molecule has 5 nitrogen and oxygen atoms in total. The van der Waals surface area contributed by atoms with Crippen molar-refractivity contribution >= 4 is 39.2 Å². The fourth-order valence-corrected chi connectivity index (χ4v) is 5.04. The first kappa shape index (κ1) is 17.3. The van der Waals surface area contributed by atoms with Crippen LogP contribution in [0.15, 0.2) is 45.7 Å². The fourth-order valence-electron chi connectivity index (χ4n) is 3.39. The van der Waals surface area contributed by atoms with Crippen LogP contribution >= 0.6 is 23.1 Å². The van der Waals surface area contributed by atoms with E-state index in [2.05, 4.69) is 22.4 Å². The van der Waals surface area contributed by atoms with Crippen LogP contribution in [0.25, 0.3) is 10.2 Å². The molecular formula is C19H19N3O2S2. The van der Waals surface area contributed by atoms with Gasteiger partial charge in [-0.2, -0.15) is 0 Å². The summed E-state index contributed by atoms with van der Waals surface area (Å²) < 4.78 is 2.31. The maximum atomic E-state index is 12.5. The maximum Gasteiger partial charge on any atom is 0.272 e. The second-order valence-corrected chi connectivity index (χ2v) is 8.08. The van der Waals surface area contributed by atoms with Crippen LogP contribution in [0.5, 0.6) is 0 Å². The highest BCUT2D eigenvalue weighted by atomic mass is 32.2. The highest BCUT2D eigenvalue weighted by molar-refractivity contribution is 7.99. The van der Waals surface area contributed by atoms with Gasteiger partial charge in [0.2, 0.25) is 5.91 Å². The van der Waals surface area contributed by atoms with Crippen molar-refractivity contribution in [2.24, 2.45) is 0 Å². The largest absolute Gasteiger partial charge is 0.349 e. The Labute approximate surface area is 159 Å². The summed E-state index contributed by atoms with van der Waals surface area (Å²) in [6.45, 7) is 2.46. The van der Waals surface area contributed by atoms with Crippen LogP contribution in [0.3, 0.4) is 0 Å². The number of rotatable bonds is 5. The molecule has 3 aromatic rings. The number of hydrogen-bond donors (Lipinski definition) is 1. The van der Waals surface area contributed by atoms with E-state index in [0.717, 1.165) is 12.8 Å². The summed E-state index contributed by atoms with van der Waals surface area (Å²) in [7, 11) is 0. The van der Waals surface area contributed by atoms with Gasteiger partial charge < -0.3 is 5.32 Å². The van der Waals surface area contributed by atoms with E-state index in [1.165, 1.54) is 34.2 Å². The van der Waals surface area contributed by atoms with Crippen molar-refractivity contribution in [3.63, 3.8) is 0 Å². The lowest BCUT2D eigenvalue weighted by Crippen LogP contribution is -2.29. The SMILES string of the molecule is CCn1c(SCC(=O)N[C@H]2CCc3ccccc32)nc2ccsc2c1=O. The third-order valence-corrected chi connectivity index (χ3v) is 6.52. The van der Waals surface area contributed by atoms with Gasteiger partial charge in [0, 0.05) is 6.54 Å². The number of hydrogen-bond acceptors (Lipinski definition) is 5. The molecule has 0 fully saturated rings. The topological polar surface area (TPSA) is 64.0 Å². The number of nitrogens with zero attached hydrogens (tertiary/aromatic N) is 2. The van der Waals surface area contributed by atoms with Crippen molar-refractivity contribution in [3.8, 4) is 0 Å². The first-order valence-corrected chi connectivity index (χ1v) is 10.5. The van der Waals surface area contributed by atoms with Crippen molar-refractivity contribution in [2.75, 3.05) is 5.75 Å². The van der Waals surface area contributed by atoms with Crippen molar-refractivity contribution in [3.05, 3.63) is 57.2 Å². The Hall–Kier alpha value is -2.12. The normalized spacial score (nSPS) is 16.0. The molecule has 0 spiro atoms. The first-order valence-electron chi connectivity index (χ1n) is 8.65. The summed E-state index contributed by atoms with van der Waals surface area (Å²) in [5, 5.41) is 5.59. The zero-order valence-electron chi connectivity index (χ0n) is 14.4. The van der Waals surface area contributed by atoms with Crippen molar-refractivity contribution in [1.29, 1.82) is 0 Å². The Bertz CT molecular complexity index is 1030. The van der Waals surface area contributed by atoms with Crippen LogP contribution in [0.4, 0.5) is 0 Å². The van der Waals surface area contributed by atoms with Crippen molar-refractivity contribution in [1.82, 2.24) is 14.9 Å². The minimum absolute atomic E-state index is 0.0277. The molecule has 1 N–H and O–H groups in total. The van der Waals surface area contributed by atoms with Gasteiger partial charge in [-0.15, -0.1) is 11.3 Å².